The zero-order chi connectivity index (χ0) is 13.8. The van der Waals surface area contributed by atoms with Gasteiger partial charge in [0.1, 0.15) is 0 Å². The number of unbranched alkanes of at least 4 members (excludes halogenated alkanes) is 1. The second-order valence-electron chi connectivity index (χ2n) is 4.95. The number of benzene rings is 2. The lowest BCUT2D eigenvalue weighted by Gasteiger charge is -2.06. The van der Waals surface area contributed by atoms with Crippen LogP contribution in [0.1, 0.15) is 25.3 Å². The molecule has 2 aromatic carbocycles. The molecule has 0 fully saturated rings. The van der Waals surface area contributed by atoms with Gasteiger partial charge in [-0.15, -0.1) is 0 Å². The van der Waals surface area contributed by atoms with Crippen molar-refractivity contribution in [3.63, 3.8) is 0 Å². The summed E-state index contributed by atoms with van der Waals surface area (Å²) in [7, 11) is 0. The highest BCUT2D eigenvalue weighted by Gasteiger charge is 2.06. The van der Waals surface area contributed by atoms with Crippen LogP contribution in [0.2, 0.25) is 0 Å². The van der Waals surface area contributed by atoms with Gasteiger partial charge in [0, 0.05) is 29.1 Å². The van der Waals surface area contributed by atoms with E-state index >= 15 is 0 Å². The van der Waals surface area contributed by atoms with Crippen LogP contribution in [0, 0.1) is 0 Å². The molecule has 20 heavy (non-hydrogen) atoms. The molecule has 2 nitrogen and oxygen atoms in total. The van der Waals surface area contributed by atoms with E-state index in [1.165, 1.54) is 22.8 Å². The molecule has 0 aliphatic heterocycles. The summed E-state index contributed by atoms with van der Waals surface area (Å²) in [5.41, 5.74) is 3.24. The van der Waals surface area contributed by atoms with Gasteiger partial charge in [0.05, 0.1) is 11.0 Å². The summed E-state index contributed by atoms with van der Waals surface area (Å²) in [4.78, 5) is 9.30. The average molecular weight is 262 g/mol. The van der Waals surface area contributed by atoms with Gasteiger partial charge in [-0.05, 0) is 18.6 Å². The van der Waals surface area contributed by atoms with Crippen molar-refractivity contribution in [2.45, 2.75) is 19.8 Å². The fraction of sp³-hybridized carbons (Fsp3) is 0.222. The Morgan fingerprint density at radius 2 is 1.55 bits per heavy atom. The molecule has 0 saturated carbocycles. The smallest absolute Gasteiger partial charge is 0.0716 e. The molecule has 0 aliphatic carbocycles. The fourth-order valence-corrected chi connectivity index (χ4v) is 2.42. The van der Waals surface area contributed by atoms with Crippen molar-refractivity contribution in [3.05, 3.63) is 54.1 Å². The number of pyridine rings is 1. The minimum absolute atomic E-state index is 0.890. The Morgan fingerprint density at radius 3 is 2.15 bits per heavy atom. The van der Waals surface area contributed by atoms with Gasteiger partial charge < -0.3 is 0 Å². The van der Waals surface area contributed by atoms with Crippen molar-refractivity contribution in [2.75, 3.05) is 6.54 Å². The standard InChI is InChI=1S/C18H18N2/c1-2-3-12-19-13-16-14-8-4-6-10-17(14)20-18-11-7-5-9-15(16)18/h4-11,13H,2-3,12H2,1H3. The molecule has 3 aromatic rings. The Hall–Kier alpha value is -2.22. The molecule has 0 bridgehead atoms. The number of aliphatic imine (C=N–C) groups is 1. The highest BCUT2D eigenvalue weighted by Crippen LogP contribution is 2.24. The number of aromatic nitrogens is 1. The van der Waals surface area contributed by atoms with Crippen LogP contribution in [0.15, 0.2) is 53.5 Å². The third-order valence-corrected chi connectivity index (χ3v) is 3.49. The molecule has 0 aliphatic rings. The van der Waals surface area contributed by atoms with Gasteiger partial charge in [-0.3, -0.25) is 4.99 Å². The van der Waals surface area contributed by atoms with Crippen LogP contribution in [-0.2, 0) is 0 Å². The third-order valence-electron chi connectivity index (χ3n) is 3.49. The molecule has 1 heterocycles. The zero-order valence-electron chi connectivity index (χ0n) is 11.7. The minimum Gasteiger partial charge on any atom is -0.293 e. The topological polar surface area (TPSA) is 25.2 Å². The SMILES string of the molecule is CCCCN=Cc1c2ccccc2nc2ccccc12. The molecule has 0 amide bonds. The van der Waals surface area contributed by atoms with Crippen molar-refractivity contribution in [1.82, 2.24) is 4.98 Å². The highest BCUT2D eigenvalue weighted by atomic mass is 14.7. The fourth-order valence-electron chi connectivity index (χ4n) is 2.42. The third kappa shape index (κ3) is 2.42. The molecular formula is C18H18N2. The summed E-state index contributed by atoms with van der Waals surface area (Å²) >= 11 is 0. The Bertz CT molecular complexity index is 706. The maximum atomic E-state index is 4.72. The molecule has 1 aromatic heterocycles. The first-order chi connectivity index (χ1) is 9.90. The first kappa shape index (κ1) is 12.8. The average Bonchev–Trinajstić information content (AvgIpc) is 2.50. The van der Waals surface area contributed by atoms with E-state index in [1.54, 1.807) is 0 Å². The molecular weight excluding hydrogens is 244 g/mol. The van der Waals surface area contributed by atoms with E-state index in [0.29, 0.717) is 0 Å². The van der Waals surface area contributed by atoms with Crippen LogP contribution >= 0.6 is 0 Å². The van der Waals surface area contributed by atoms with E-state index in [4.69, 9.17) is 4.98 Å². The number of hydrogen-bond donors (Lipinski definition) is 0. The first-order valence-corrected chi connectivity index (χ1v) is 7.17. The zero-order valence-corrected chi connectivity index (χ0v) is 11.7. The molecule has 0 spiro atoms. The molecule has 0 N–H and O–H groups in total. The van der Waals surface area contributed by atoms with Gasteiger partial charge in [0.2, 0.25) is 0 Å². The lowest BCUT2D eigenvalue weighted by Crippen LogP contribution is -1.92. The molecule has 0 radical (unpaired) electrons. The largest absolute Gasteiger partial charge is 0.293 e. The molecule has 0 atom stereocenters. The second-order valence-corrected chi connectivity index (χ2v) is 4.95. The van der Waals surface area contributed by atoms with Gasteiger partial charge in [0.15, 0.2) is 0 Å². The van der Waals surface area contributed by atoms with Gasteiger partial charge in [-0.2, -0.15) is 0 Å². The highest BCUT2D eigenvalue weighted by molar-refractivity contribution is 6.10. The Labute approximate surface area is 119 Å². The maximum absolute atomic E-state index is 4.72. The monoisotopic (exact) mass is 262 g/mol. The number of hydrogen-bond acceptors (Lipinski definition) is 2. The number of para-hydroxylation sites is 2. The van der Waals surface area contributed by atoms with E-state index in [2.05, 4.69) is 48.3 Å². The lowest BCUT2D eigenvalue weighted by atomic mass is 10.0. The van der Waals surface area contributed by atoms with E-state index in [1.807, 2.05) is 18.3 Å². The van der Waals surface area contributed by atoms with Crippen molar-refractivity contribution >= 4 is 28.0 Å². The molecule has 100 valence electrons. The summed E-state index contributed by atoms with van der Waals surface area (Å²) in [6.07, 6.45) is 4.33. The van der Waals surface area contributed by atoms with E-state index in [-0.39, 0.29) is 0 Å². The second kappa shape index (κ2) is 5.83. The number of rotatable bonds is 4. The van der Waals surface area contributed by atoms with Crippen molar-refractivity contribution in [3.8, 4) is 0 Å². The van der Waals surface area contributed by atoms with E-state index < -0.39 is 0 Å². The predicted octanol–water partition coefficient (Wildman–Crippen LogP) is 4.61. The molecule has 2 heteroatoms. The first-order valence-electron chi connectivity index (χ1n) is 7.17. The van der Waals surface area contributed by atoms with Crippen LogP contribution in [-0.4, -0.2) is 17.7 Å². The maximum Gasteiger partial charge on any atom is 0.0716 e. The molecule has 0 saturated heterocycles. The summed E-state index contributed by atoms with van der Waals surface area (Å²) in [6.45, 7) is 3.08. The van der Waals surface area contributed by atoms with Crippen LogP contribution < -0.4 is 0 Å². The number of fused-ring (bicyclic) bond motifs is 2. The van der Waals surface area contributed by atoms with E-state index in [9.17, 15) is 0 Å². The van der Waals surface area contributed by atoms with Crippen molar-refractivity contribution < 1.29 is 0 Å². The normalized spacial score (nSPS) is 11.7. The van der Waals surface area contributed by atoms with Crippen LogP contribution in [0.3, 0.4) is 0 Å². The minimum atomic E-state index is 0.890. The van der Waals surface area contributed by atoms with Gasteiger partial charge in [0.25, 0.3) is 0 Å². The van der Waals surface area contributed by atoms with Gasteiger partial charge in [-0.25, -0.2) is 4.98 Å². The Balaban J connectivity index is 2.20. The van der Waals surface area contributed by atoms with Crippen LogP contribution in [0.25, 0.3) is 21.8 Å². The van der Waals surface area contributed by atoms with Crippen molar-refractivity contribution in [2.24, 2.45) is 4.99 Å². The van der Waals surface area contributed by atoms with E-state index in [0.717, 1.165) is 24.0 Å². The molecule has 3 rings (SSSR count). The Morgan fingerprint density at radius 1 is 0.950 bits per heavy atom. The summed E-state index contributed by atoms with van der Waals surface area (Å²) in [5, 5.41) is 2.35. The summed E-state index contributed by atoms with van der Waals surface area (Å²) in [5.74, 6) is 0. The van der Waals surface area contributed by atoms with Gasteiger partial charge in [-0.1, -0.05) is 49.7 Å². The van der Waals surface area contributed by atoms with Crippen LogP contribution in [0.5, 0.6) is 0 Å². The predicted molar refractivity (Wildman–Crippen MR) is 86.6 cm³/mol. The van der Waals surface area contributed by atoms with Crippen LogP contribution in [0.4, 0.5) is 0 Å². The lowest BCUT2D eigenvalue weighted by molar-refractivity contribution is 0.810. The Kier molecular flexibility index (Phi) is 3.73. The molecule has 0 unspecified atom stereocenters. The summed E-state index contributed by atoms with van der Waals surface area (Å²) in [6, 6.07) is 16.5. The van der Waals surface area contributed by atoms with Crippen molar-refractivity contribution in [1.29, 1.82) is 0 Å². The number of nitrogens with zero attached hydrogens (tertiary/aromatic N) is 2. The summed E-state index contributed by atoms with van der Waals surface area (Å²) < 4.78 is 0. The van der Waals surface area contributed by atoms with Gasteiger partial charge >= 0.3 is 0 Å². The quantitative estimate of drug-likeness (QED) is 0.383.